The number of piperidine rings is 1. The number of carboxylic acids is 1. The van der Waals surface area contributed by atoms with Crippen LogP contribution in [0.15, 0.2) is 30.5 Å². The molecular formula is C16H15ClN2O3. The molecule has 0 spiro atoms. The number of pyridine rings is 1. The zero-order valence-electron chi connectivity index (χ0n) is 11.8. The van der Waals surface area contributed by atoms with Crippen molar-refractivity contribution in [3.8, 4) is 0 Å². The highest BCUT2D eigenvalue weighted by atomic mass is 35.5. The number of benzene rings is 1. The number of likely N-dealkylation sites (tertiary alicyclic amines) is 1. The first-order valence-electron chi connectivity index (χ1n) is 7.13. The molecular weight excluding hydrogens is 304 g/mol. The number of carbonyl (C=O) groups excluding carboxylic acids is 1. The summed E-state index contributed by atoms with van der Waals surface area (Å²) in [5.41, 5.74) is 1.02. The third-order valence-corrected chi connectivity index (χ3v) is 4.33. The zero-order valence-corrected chi connectivity index (χ0v) is 12.6. The number of aliphatic carboxylic acids is 1. The predicted molar refractivity (Wildman–Crippen MR) is 83.0 cm³/mol. The molecule has 1 aromatic carbocycles. The minimum Gasteiger partial charge on any atom is -0.481 e. The van der Waals surface area contributed by atoms with Gasteiger partial charge in [-0.05, 0) is 37.1 Å². The maximum absolute atomic E-state index is 12.7. The lowest BCUT2D eigenvalue weighted by Gasteiger charge is -2.31. The molecule has 1 aromatic heterocycles. The molecule has 6 heteroatoms. The van der Waals surface area contributed by atoms with Gasteiger partial charge in [0.15, 0.2) is 0 Å². The van der Waals surface area contributed by atoms with Gasteiger partial charge in [0.05, 0.1) is 22.0 Å². The molecule has 114 valence electrons. The van der Waals surface area contributed by atoms with Crippen LogP contribution in [0, 0.1) is 5.92 Å². The van der Waals surface area contributed by atoms with Crippen molar-refractivity contribution in [2.75, 3.05) is 13.1 Å². The molecule has 5 nitrogen and oxygen atoms in total. The van der Waals surface area contributed by atoms with Gasteiger partial charge in [-0.25, -0.2) is 0 Å². The van der Waals surface area contributed by atoms with Gasteiger partial charge in [0.2, 0.25) is 0 Å². The first kappa shape index (κ1) is 14.8. The fraction of sp³-hybridized carbons (Fsp3) is 0.312. The van der Waals surface area contributed by atoms with Crippen LogP contribution in [0.5, 0.6) is 0 Å². The second-order valence-corrected chi connectivity index (χ2v) is 5.83. The van der Waals surface area contributed by atoms with E-state index in [-0.39, 0.29) is 12.5 Å². The molecule has 1 atom stereocenters. The predicted octanol–water partition coefficient (Wildman–Crippen LogP) is 2.83. The standard InChI is InChI=1S/C16H15ClN2O3/c17-13-6-5-12(14-11(13)4-1-7-18-14)15(20)19-8-2-3-10(9-19)16(21)22/h1,4-7,10H,2-3,8-9H2,(H,21,22)/t10-/m0/s1. The van der Waals surface area contributed by atoms with Crippen molar-refractivity contribution in [2.24, 2.45) is 5.92 Å². The Labute approximate surface area is 132 Å². The Morgan fingerprint density at radius 3 is 2.91 bits per heavy atom. The molecule has 1 N–H and O–H groups in total. The van der Waals surface area contributed by atoms with Crippen LogP contribution in [0.3, 0.4) is 0 Å². The molecule has 22 heavy (non-hydrogen) atoms. The van der Waals surface area contributed by atoms with Gasteiger partial charge in [0.25, 0.3) is 5.91 Å². The van der Waals surface area contributed by atoms with Crippen LogP contribution in [-0.2, 0) is 4.79 Å². The molecule has 1 amide bonds. The van der Waals surface area contributed by atoms with E-state index in [9.17, 15) is 9.59 Å². The minimum absolute atomic E-state index is 0.189. The maximum Gasteiger partial charge on any atom is 0.308 e. The van der Waals surface area contributed by atoms with E-state index in [1.165, 1.54) is 0 Å². The van der Waals surface area contributed by atoms with E-state index in [0.717, 1.165) is 5.39 Å². The van der Waals surface area contributed by atoms with E-state index < -0.39 is 11.9 Å². The van der Waals surface area contributed by atoms with Gasteiger partial charge in [-0.15, -0.1) is 0 Å². The molecule has 2 heterocycles. The number of hydrogen-bond donors (Lipinski definition) is 1. The average Bonchev–Trinajstić information content (AvgIpc) is 2.55. The van der Waals surface area contributed by atoms with Crippen molar-refractivity contribution in [1.82, 2.24) is 9.88 Å². The van der Waals surface area contributed by atoms with Gasteiger partial charge < -0.3 is 10.0 Å². The molecule has 0 unspecified atom stereocenters. The van der Waals surface area contributed by atoms with Gasteiger partial charge >= 0.3 is 5.97 Å². The summed E-state index contributed by atoms with van der Waals surface area (Å²) in [7, 11) is 0. The highest BCUT2D eigenvalue weighted by molar-refractivity contribution is 6.36. The number of amides is 1. The van der Waals surface area contributed by atoms with Crippen molar-refractivity contribution in [2.45, 2.75) is 12.8 Å². The Balaban J connectivity index is 1.96. The quantitative estimate of drug-likeness (QED) is 0.924. The van der Waals surface area contributed by atoms with Gasteiger partial charge in [-0.3, -0.25) is 14.6 Å². The van der Waals surface area contributed by atoms with Crippen LogP contribution in [0.4, 0.5) is 0 Å². The summed E-state index contributed by atoms with van der Waals surface area (Å²) in [6.07, 6.45) is 2.92. The Bertz CT molecular complexity index is 747. The Morgan fingerprint density at radius 2 is 2.14 bits per heavy atom. The van der Waals surface area contributed by atoms with E-state index in [1.54, 1.807) is 29.3 Å². The summed E-state index contributed by atoms with van der Waals surface area (Å²) in [6.45, 7) is 0.810. The van der Waals surface area contributed by atoms with Crippen molar-refractivity contribution in [3.05, 3.63) is 41.0 Å². The van der Waals surface area contributed by atoms with Crippen LogP contribution in [-0.4, -0.2) is 40.0 Å². The van der Waals surface area contributed by atoms with Crippen molar-refractivity contribution < 1.29 is 14.7 Å². The summed E-state index contributed by atoms with van der Waals surface area (Å²) in [5.74, 6) is -1.54. The number of carboxylic acid groups (broad SMARTS) is 1. The second kappa shape index (κ2) is 5.93. The molecule has 0 saturated carbocycles. The van der Waals surface area contributed by atoms with Gasteiger partial charge in [0.1, 0.15) is 0 Å². The number of rotatable bonds is 2. The topological polar surface area (TPSA) is 70.5 Å². The third kappa shape index (κ3) is 2.64. The largest absolute Gasteiger partial charge is 0.481 e. The lowest BCUT2D eigenvalue weighted by molar-refractivity contribution is -0.143. The normalized spacial score (nSPS) is 18.4. The van der Waals surface area contributed by atoms with Gasteiger partial charge in [0, 0.05) is 24.7 Å². The van der Waals surface area contributed by atoms with E-state index in [1.807, 2.05) is 6.07 Å². The first-order chi connectivity index (χ1) is 10.6. The van der Waals surface area contributed by atoms with E-state index in [0.29, 0.717) is 35.5 Å². The SMILES string of the molecule is O=C(O)[C@H]1CCCN(C(=O)c2ccc(Cl)c3cccnc23)C1. The molecule has 1 fully saturated rings. The smallest absolute Gasteiger partial charge is 0.308 e. The molecule has 1 aliphatic rings. The van der Waals surface area contributed by atoms with Crippen molar-refractivity contribution >= 4 is 34.4 Å². The Morgan fingerprint density at radius 1 is 1.32 bits per heavy atom. The summed E-state index contributed by atoms with van der Waals surface area (Å²) in [6, 6.07) is 6.92. The molecule has 0 radical (unpaired) electrons. The fourth-order valence-corrected chi connectivity index (χ4v) is 3.06. The van der Waals surface area contributed by atoms with Crippen molar-refractivity contribution in [1.29, 1.82) is 0 Å². The van der Waals surface area contributed by atoms with Crippen molar-refractivity contribution in [3.63, 3.8) is 0 Å². The lowest BCUT2D eigenvalue weighted by Crippen LogP contribution is -2.42. The number of carbonyl (C=O) groups is 2. The summed E-state index contributed by atoms with van der Waals surface area (Å²) in [5, 5.41) is 10.4. The van der Waals surface area contributed by atoms with E-state index in [2.05, 4.69) is 4.98 Å². The molecule has 2 aromatic rings. The maximum atomic E-state index is 12.7. The minimum atomic E-state index is -0.850. The summed E-state index contributed by atoms with van der Waals surface area (Å²) < 4.78 is 0. The number of aromatic nitrogens is 1. The third-order valence-electron chi connectivity index (χ3n) is 4.00. The van der Waals surface area contributed by atoms with E-state index in [4.69, 9.17) is 16.7 Å². The molecule has 1 saturated heterocycles. The molecule has 0 aliphatic carbocycles. The fourth-order valence-electron chi connectivity index (χ4n) is 2.84. The van der Waals surface area contributed by atoms with Crippen LogP contribution < -0.4 is 0 Å². The summed E-state index contributed by atoms with van der Waals surface area (Å²) in [4.78, 5) is 29.8. The number of nitrogens with zero attached hydrogens (tertiary/aromatic N) is 2. The van der Waals surface area contributed by atoms with E-state index >= 15 is 0 Å². The highest BCUT2D eigenvalue weighted by Gasteiger charge is 2.29. The number of hydrogen-bond acceptors (Lipinski definition) is 3. The van der Waals surface area contributed by atoms with Gasteiger partial charge in [-0.2, -0.15) is 0 Å². The molecule has 3 rings (SSSR count). The monoisotopic (exact) mass is 318 g/mol. The number of fused-ring (bicyclic) bond motifs is 1. The summed E-state index contributed by atoms with van der Waals surface area (Å²) >= 11 is 6.14. The van der Waals surface area contributed by atoms with Crippen LogP contribution in [0.1, 0.15) is 23.2 Å². The lowest BCUT2D eigenvalue weighted by atomic mass is 9.97. The Kier molecular flexibility index (Phi) is 3.98. The zero-order chi connectivity index (χ0) is 15.7. The molecule has 1 aliphatic heterocycles. The Hall–Kier alpha value is -2.14. The molecule has 0 bridgehead atoms. The highest BCUT2D eigenvalue weighted by Crippen LogP contribution is 2.27. The van der Waals surface area contributed by atoms with Crippen LogP contribution >= 0.6 is 11.6 Å². The first-order valence-corrected chi connectivity index (χ1v) is 7.51. The second-order valence-electron chi connectivity index (χ2n) is 5.42. The number of halogens is 1. The van der Waals surface area contributed by atoms with Gasteiger partial charge in [-0.1, -0.05) is 11.6 Å². The van der Waals surface area contributed by atoms with Crippen LogP contribution in [0.2, 0.25) is 5.02 Å². The average molecular weight is 319 g/mol. The van der Waals surface area contributed by atoms with Crippen LogP contribution in [0.25, 0.3) is 10.9 Å².